The van der Waals surface area contributed by atoms with Crippen molar-refractivity contribution in [3.05, 3.63) is 29.8 Å². The number of anilines is 1. The number of hydroxylamine groups is 2. The summed E-state index contributed by atoms with van der Waals surface area (Å²) < 4.78 is 25.2. The van der Waals surface area contributed by atoms with Gasteiger partial charge in [0, 0.05) is 31.4 Å². The molecule has 2 rings (SSSR count). The smallest absolute Gasteiger partial charge is 0.330 e. The van der Waals surface area contributed by atoms with E-state index >= 15 is 0 Å². The zero-order valence-electron chi connectivity index (χ0n) is 20.4. The molecule has 0 aromatic heterocycles. The predicted octanol–water partition coefficient (Wildman–Crippen LogP) is 1.69. The Labute approximate surface area is 209 Å². The van der Waals surface area contributed by atoms with Gasteiger partial charge in [-0.1, -0.05) is 12.1 Å². The van der Waals surface area contributed by atoms with Gasteiger partial charge in [0.15, 0.2) is 26.7 Å². The summed E-state index contributed by atoms with van der Waals surface area (Å²) in [4.78, 5) is 74.8. The summed E-state index contributed by atoms with van der Waals surface area (Å²) in [6, 6.07) is 6.76. The molecule has 0 radical (unpaired) electrons. The van der Waals surface area contributed by atoms with Crippen molar-refractivity contribution >= 4 is 50.8 Å². The fourth-order valence-corrected chi connectivity index (χ4v) is 5.53. The lowest BCUT2D eigenvalue weighted by Gasteiger charge is -2.18. The minimum absolute atomic E-state index is 0.00559. The van der Waals surface area contributed by atoms with Crippen molar-refractivity contribution in [1.82, 2.24) is 5.06 Å². The van der Waals surface area contributed by atoms with Crippen molar-refractivity contribution in [1.29, 1.82) is 0 Å². The number of ketones is 2. The summed E-state index contributed by atoms with van der Waals surface area (Å²) in [5.41, 5.74) is 1.32. The summed E-state index contributed by atoms with van der Waals surface area (Å²) in [5, 5.41) is 0.614. The second-order valence-corrected chi connectivity index (χ2v) is 11.1. The van der Waals surface area contributed by atoms with Crippen LogP contribution in [-0.4, -0.2) is 59.2 Å². The van der Waals surface area contributed by atoms with Gasteiger partial charge in [-0.2, -0.15) is 0 Å². The minimum atomic E-state index is -3.95. The highest BCUT2D eigenvalue weighted by Crippen LogP contribution is 2.19. The Morgan fingerprint density at radius 3 is 2.06 bits per heavy atom. The highest BCUT2D eigenvalue weighted by Gasteiger charge is 2.37. The van der Waals surface area contributed by atoms with E-state index in [1.165, 1.54) is 6.92 Å². The fourth-order valence-electron chi connectivity index (χ4n) is 3.69. The topological polar surface area (TPSA) is 161 Å². The minimum Gasteiger partial charge on any atom is -0.330 e. The molecular formula is C24H30N2O9S. The molecule has 36 heavy (non-hydrogen) atoms. The second kappa shape index (κ2) is 12.5. The number of benzene rings is 1. The van der Waals surface area contributed by atoms with E-state index in [4.69, 9.17) is 4.84 Å². The van der Waals surface area contributed by atoms with Gasteiger partial charge >= 0.3 is 5.97 Å². The Kier molecular flexibility index (Phi) is 10.0. The Hall–Kier alpha value is -3.41. The van der Waals surface area contributed by atoms with Gasteiger partial charge in [0.2, 0.25) is 5.91 Å². The third-order valence-corrected chi connectivity index (χ3v) is 8.37. The van der Waals surface area contributed by atoms with Crippen molar-refractivity contribution in [2.45, 2.75) is 76.2 Å². The summed E-state index contributed by atoms with van der Waals surface area (Å²) in [6.45, 7) is 3.65. The van der Waals surface area contributed by atoms with Crippen LogP contribution in [0.1, 0.15) is 64.9 Å². The molecule has 1 heterocycles. The first kappa shape index (κ1) is 28.8. The van der Waals surface area contributed by atoms with Crippen LogP contribution in [-0.2, 0) is 49.9 Å². The van der Waals surface area contributed by atoms with Crippen LogP contribution in [0, 0.1) is 0 Å². The van der Waals surface area contributed by atoms with Crippen molar-refractivity contribution < 1.29 is 42.0 Å². The van der Waals surface area contributed by atoms with Crippen molar-refractivity contribution in [2.24, 2.45) is 0 Å². The van der Waals surface area contributed by atoms with Gasteiger partial charge in [-0.05, 0) is 57.7 Å². The van der Waals surface area contributed by atoms with Crippen LogP contribution < -0.4 is 5.32 Å². The van der Waals surface area contributed by atoms with E-state index in [0.29, 0.717) is 17.2 Å². The molecule has 0 aliphatic carbocycles. The highest BCUT2D eigenvalue weighted by atomic mass is 32.2. The molecule has 0 bridgehead atoms. The number of carbonyl (C=O) groups is 6. The molecule has 0 spiro atoms. The molecule has 1 fully saturated rings. The van der Waals surface area contributed by atoms with Gasteiger partial charge in [0.05, 0.1) is 5.25 Å². The van der Waals surface area contributed by atoms with Crippen LogP contribution in [0.5, 0.6) is 0 Å². The molecule has 0 saturated carbocycles. The van der Waals surface area contributed by atoms with Crippen molar-refractivity contribution in [2.75, 3.05) is 5.32 Å². The number of carbonyl (C=O) groups excluding carboxylic acids is 6. The van der Waals surface area contributed by atoms with Crippen molar-refractivity contribution in [3.63, 3.8) is 0 Å². The normalized spacial score (nSPS) is 14.6. The molecule has 1 unspecified atom stereocenters. The van der Waals surface area contributed by atoms with Gasteiger partial charge in [-0.25, -0.2) is 13.2 Å². The lowest BCUT2D eigenvalue weighted by atomic mass is 10.1. The number of amides is 3. The first-order chi connectivity index (χ1) is 16.8. The second-order valence-electron chi connectivity index (χ2n) is 8.68. The van der Waals surface area contributed by atoms with Crippen LogP contribution in [0.2, 0.25) is 0 Å². The van der Waals surface area contributed by atoms with Crippen molar-refractivity contribution in [3.8, 4) is 0 Å². The number of hydrogen-bond donors (Lipinski definition) is 1. The van der Waals surface area contributed by atoms with E-state index in [9.17, 15) is 37.2 Å². The molecule has 11 nitrogen and oxygen atoms in total. The van der Waals surface area contributed by atoms with Gasteiger partial charge in [-0.15, -0.1) is 5.06 Å². The fraction of sp³-hybridized carbons (Fsp3) is 0.500. The monoisotopic (exact) mass is 522 g/mol. The predicted molar refractivity (Wildman–Crippen MR) is 128 cm³/mol. The average Bonchev–Trinajstić information content (AvgIpc) is 3.09. The first-order valence-electron chi connectivity index (χ1n) is 11.5. The number of nitrogens with zero attached hydrogens (tertiary/aromatic N) is 1. The standard InChI is InChI=1S/C24H30N2O9S/c1-15(36(33,34)24(16(2)27)17(3)28)7-8-18-9-11-19(12-10-18)25-20(29)5-4-6-23(32)35-26-21(30)13-14-22(26)31/h9-12,15,24H,4-8,13-14H2,1-3H3,(H,25,29). The number of imide groups is 1. The SMILES string of the molecule is CC(=O)C(C(C)=O)S(=O)(=O)C(C)CCc1ccc(NC(=O)CCCC(=O)ON2C(=O)CCC2=O)cc1. The Morgan fingerprint density at radius 1 is 0.972 bits per heavy atom. The largest absolute Gasteiger partial charge is 0.333 e. The molecule has 1 N–H and O–H groups in total. The third-order valence-electron chi connectivity index (χ3n) is 5.69. The maximum Gasteiger partial charge on any atom is 0.333 e. The van der Waals surface area contributed by atoms with Crippen LogP contribution in [0.4, 0.5) is 5.69 Å². The Bertz CT molecular complexity index is 1110. The van der Waals surface area contributed by atoms with E-state index in [-0.39, 0.29) is 44.4 Å². The van der Waals surface area contributed by atoms with Crippen LogP contribution in [0.15, 0.2) is 24.3 Å². The highest BCUT2D eigenvalue weighted by molar-refractivity contribution is 7.94. The molecule has 1 aromatic rings. The Morgan fingerprint density at radius 2 is 1.53 bits per heavy atom. The number of rotatable bonds is 13. The van der Waals surface area contributed by atoms with E-state index in [1.54, 1.807) is 24.3 Å². The summed E-state index contributed by atoms with van der Waals surface area (Å²) in [5.74, 6) is -3.64. The molecule has 1 aliphatic rings. The summed E-state index contributed by atoms with van der Waals surface area (Å²) in [7, 11) is -3.95. The number of hydrogen-bond acceptors (Lipinski definition) is 9. The van der Waals surface area contributed by atoms with E-state index < -0.39 is 49.7 Å². The Balaban J connectivity index is 1.78. The van der Waals surface area contributed by atoms with Crippen LogP contribution in [0.25, 0.3) is 0 Å². The quantitative estimate of drug-likeness (QED) is 0.300. The van der Waals surface area contributed by atoms with Gasteiger partial charge in [0.1, 0.15) is 0 Å². The van der Waals surface area contributed by atoms with Gasteiger partial charge in [-0.3, -0.25) is 24.0 Å². The lowest BCUT2D eigenvalue weighted by molar-refractivity contribution is -0.197. The molecule has 1 saturated heterocycles. The molecule has 12 heteroatoms. The zero-order chi connectivity index (χ0) is 27.0. The van der Waals surface area contributed by atoms with Crippen LogP contribution in [0.3, 0.4) is 0 Å². The molecule has 196 valence electrons. The first-order valence-corrected chi connectivity index (χ1v) is 13.1. The molecule has 3 amide bonds. The number of sulfone groups is 1. The average molecular weight is 523 g/mol. The maximum atomic E-state index is 12.6. The summed E-state index contributed by atoms with van der Waals surface area (Å²) in [6.07, 6.45) is 0.654. The number of Topliss-reactive ketones (excluding diaryl/α,β-unsaturated/α-hetero) is 2. The molecule has 1 aromatic carbocycles. The zero-order valence-corrected chi connectivity index (χ0v) is 21.3. The third kappa shape index (κ3) is 7.80. The van der Waals surface area contributed by atoms with Gasteiger partial charge < -0.3 is 10.2 Å². The molecule has 1 aliphatic heterocycles. The van der Waals surface area contributed by atoms with Gasteiger partial charge in [0.25, 0.3) is 11.8 Å². The van der Waals surface area contributed by atoms with Crippen LogP contribution >= 0.6 is 0 Å². The lowest BCUT2D eigenvalue weighted by Crippen LogP contribution is -2.40. The van der Waals surface area contributed by atoms with E-state index in [0.717, 1.165) is 19.4 Å². The molecule has 1 atom stereocenters. The number of nitrogens with one attached hydrogen (secondary N) is 1. The van der Waals surface area contributed by atoms with E-state index in [2.05, 4.69) is 5.32 Å². The molecular weight excluding hydrogens is 492 g/mol. The summed E-state index contributed by atoms with van der Waals surface area (Å²) >= 11 is 0. The number of aryl methyl sites for hydroxylation is 1. The van der Waals surface area contributed by atoms with E-state index in [1.807, 2.05) is 0 Å². The maximum absolute atomic E-state index is 12.6.